The molecular weight excluding hydrogens is 565 g/mol. The summed E-state index contributed by atoms with van der Waals surface area (Å²) in [7, 11) is -4.20. The van der Waals surface area contributed by atoms with Gasteiger partial charge in [-0.1, -0.05) is 18.7 Å². The number of esters is 1. The first kappa shape index (κ1) is 30.3. The first-order valence-electron chi connectivity index (χ1n) is 13.0. The van der Waals surface area contributed by atoms with E-state index in [4.69, 9.17) is 10.5 Å². The Morgan fingerprint density at radius 3 is 2.50 bits per heavy atom. The van der Waals surface area contributed by atoms with Crippen molar-refractivity contribution >= 4 is 45.3 Å². The Kier molecular flexibility index (Phi) is 9.02. The molecule has 11 nitrogen and oxygen atoms in total. The second-order valence-corrected chi connectivity index (χ2v) is 11.4. The number of halogens is 1. The van der Waals surface area contributed by atoms with E-state index in [-0.39, 0.29) is 35.1 Å². The zero-order valence-corrected chi connectivity index (χ0v) is 23.5. The van der Waals surface area contributed by atoms with E-state index in [0.717, 1.165) is 12.1 Å². The number of carbonyl (C=O) groups is 3. The van der Waals surface area contributed by atoms with Crippen molar-refractivity contribution in [1.82, 2.24) is 10.3 Å². The third kappa shape index (κ3) is 7.17. The smallest absolute Gasteiger partial charge is 0.328 e. The van der Waals surface area contributed by atoms with Crippen molar-refractivity contribution in [2.24, 2.45) is 5.73 Å². The van der Waals surface area contributed by atoms with Gasteiger partial charge < -0.3 is 21.1 Å². The normalized spacial score (nSPS) is 14.3. The minimum absolute atomic E-state index is 0.0573. The van der Waals surface area contributed by atoms with E-state index >= 15 is 4.39 Å². The zero-order chi connectivity index (χ0) is 30.5. The van der Waals surface area contributed by atoms with Crippen LogP contribution in [0.4, 0.5) is 15.8 Å². The van der Waals surface area contributed by atoms with Gasteiger partial charge in [-0.05, 0) is 73.4 Å². The number of rotatable bonds is 12. The number of pyridine rings is 1. The number of hydrogen-bond acceptors (Lipinski definition) is 8. The SMILES string of the molecule is C=Cc1cc(C(=O)N[C@@H](Cc2cccnc2)C(=O)OCC)c(F)cc1NS(=O)(=O)c1ccc(NC(=O)C2(N)CC2)cc1. The van der Waals surface area contributed by atoms with Gasteiger partial charge in [-0.3, -0.25) is 19.3 Å². The minimum atomic E-state index is -4.20. The number of carbonyl (C=O) groups excluding carboxylic acids is 3. The Hall–Kier alpha value is -4.62. The molecule has 4 rings (SSSR count). The molecule has 0 aliphatic heterocycles. The molecule has 0 unspecified atom stereocenters. The summed E-state index contributed by atoms with van der Waals surface area (Å²) in [6, 6.07) is 9.61. The summed E-state index contributed by atoms with van der Waals surface area (Å²) in [5.74, 6) is -3.00. The molecule has 2 amide bonds. The van der Waals surface area contributed by atoms with Crippen molar-refractivity contribution in [3.05, 3.63) is 90.0 Å². The van der Waals surface area contributed by atoms with Gasteiger partial charge in [0.25, 0.3) is 15.9 Å². The minimum Gasteiger partial charge on any atom is -0.464 e. The molecule has 1 atom stereocenters. The molecule has 1 aliphatic rings. The molecule has 1 aliphatic carbocycles. The number of benzene rings is 2. The summed E-state index contributed by atoms with van der Waals surface area (Å²) in [5, 5.41) is 5.14. The Labute approximate surface area is 242 Å². The molecule has 1 heterocycles. The van der Waals surface area contributed by atoms with Crippen LogP contribution in [0.5, 0.6) is 0 Å². The number of nitrogens with two attached hydrogens (primary N) is 1. The first-order chi connectivity index (χ1) is 20.0. The Balaban J connectivity index is 1.51. The largest absolute Gasteiger partial charge is 0.464 e. The van der Waals surface area contributed by atoms with Gasteiger partial charge in [0.15, 0.2) is 0 Å². The summed E-state index contributed by atoms with van der Waals surface area (Å²) < 4.78 is 48.7. The highest BCUT2D eigenvalue weighted by Crippen LogP contribution is 2.33. The van der Waals surface area contributed by atoms with Crippen LogP contribution in [-0.2, 0) is 30.8 Å². The maximum absolute atomic E-state index is 15.2. The summed E-state index contributed by atoms with van der Waals surface area (Å²) >= 11 is 0. The lowest BCUT2D eigenvalue weighted by Gasteiger charge is -2.18. The van der Waals surface area contributed by atoms with Crippen LogP contribution >= 0.6 is 0 Å². The molecule has 0 spiro atoms. The fourth-order valence-electron chi connectivity index (χ4n) is 3.99. The van der Waals surface area contributed by atoms with Crippen LogP contribution in [0, 0.1) is 5.82 Å². The number of nitrogens with one attached hydrogen (secondary N) is 3. The number of aromatic nitrogens is 1. The van der Waals surface area contributed by atoms with Crippen molar-refractivity contribution in [1.29, 1.82) is 0 Å². The van der Waals surface area contributed by atoms with Gasteiger partial charge in [-0.15, -0.1) is 0 Å². The van der Waals surface area contributed by atoms with Crippen LogP contribution in [0.2, 0.25) is 0 Å². The molecule has 0 radical (unpaired) electrons. The maximum atomic E-state index is 15.2. The van der Waals surface area contributed by atoms with E-state index in [9.17, 15) is 22.8 Å². The fourth-order valence-corrected chi connectivity index (χ4v) is 5.06. The Morgan fingerprint density at radius 2 is 1.90 bits per heavy atom. The van der Waals surface area contributed by atoms with Crippen molar-refractivity contribution in [3.63, 3.8) is 0 Å². The summed E-state index contributed by atoms with van der Waals surface area (Å²) in [4.78, 5) is 41.5. The predicted molar refractivity (Wildman–Crippen MR) is 154 cm³/mol. The number of hydrogen-bond donors (Lipinski definition) is 4. The van der Waals surface area contributed by atoms with E-state index in [0.29, 0.717) is 24.1 Å². The number of nitrogens with zero attached hydrogens (tertiary/aromatic N) is 1. The molecule has 1 saturated carbocycles. The summed E-state index contributed by atoms with van der Waals surface area (Å²) in [6.45, 7) is 5.33. The van der Waals surface area contributed by atoms with Crippen molar-refractivity contribution in [3.8, 4) is 0 Å². The second-order valence-electron chi connectivity index (χ2n) is 9.71. The average Bonchev–Trinajstić information content (AvgIpc) is 3.72. The molecule has 42 heavy (non-hydrogen) atoms. The third-order valence-electron chi connectivity index (χ3n) is 6.55. The van der Waals surface area contributed by atoms with Crippen molar-refractivity contribution in [2.75, 3.05) is 16.6 Å². The quantitative estimate of drug-likeness (QED) is 0.232. The van der Waals surface area contributed by atoms with Gasteiger partial charge in [-0.25, -0.2) is 17.6 Å². The molecule has 1 fully saturated rings. The van der Waals surface area contributed by atoms with Gasteiger partial charge in [0.2, 0.25) is 5.91 Å². The van der Waals surface area contributed by atoms with E-state index in [1.807, 2.05) is 0 Å². The van der Waals surface area contributed by atoms with Crippen LogP contribution in [0.3, 0.4) is 0 Å². The molecule has 0 saturated heterocycles. The fraction of sp³-hybridized carbons (Fsp3) is 0.241. The molecule has 1 aromatic heterocycles. The van der Waals surface area contributed by atoms with Crippen LogP contribution in [0.25, 0.3) is 6.08 Å². The van der Waals surface area contributed by atoms with Gasteiger partial charge >= 0.3 is 5.97 Å². The third-order valence-corrected chi connectivity index (χ3v) is 7.93. The highest BCUT2D eigenvalue weighted by atomic mass is 32.2. The number of anilines is 2. The van der Waals surface area contributed by atoms with E-state index in [1.54, 1.807) is 25.3 Å². The monoisotopic (exact) mass is 595 g/mol. The second kappa shape index (κ2) is 12.5. The first-order valence-corrected chi connectivity index (χ1v) is 14.5. The van der Waals surface area contributed by atoms with E-state index in [1.165, 1.54) is 36.5 Å². The average molecular weight is 596 g/mol. The lowest BCUT2D eigenvalue weighted by molar-refractivity contribution is -0.145. The highest BCUT2D eigenvalue weighted by Gasteiger charge is 2.45. The lowest BCUT2D eigenvalue weighted by atomic mass is 10.0. The van der Waals surface area contributed by atoms with Gasteiger partial charge in [-0.2, -0.15) is 0 Å². The van der Waals surface area contributed by atoms with Crippen molar-refractivity contribution < 1.29 is 31.9 Å². The molecule has 2 aromatic carbocycles. The molecule has 13 heteroatoms. The summed E-state index contributed by atoms with van der Waals surface area (Å²) in [6.07, 6.45) is 5.56. The van der Waals surface area contributed by atoms with Crippen LogP contribution in [0.1, 0.15) is 41.3 Å². The molecule has 5 N–H and O–H groups in total. The maximum Gasteiger partial charge on any atom is 0.328 e. The summed E-state index contributed by atoms with van der Waals surface area (Å²) in [5.41, 5.74) is 5.52. The Morgan fingerprint density at radius 1 is 1.19 bits per heavy atom. The van der Waals surface area contributed by atoms with Gasteiger partial charge in [0.1, 0.15) is 11.9 Å². The number of ether oxygens (including phenoxy) is 1. The number of sulfonamides is 1. The standard InChI is InChI=1S/C29H30FN5O6S/c1-3-19-15-22(26(36)34-25(27(37)41-4-2)14-18-6-5-13-32-17-18)23(30)16-24(19)35-42(39,40)21-9-7-20(8-10-21)33-28(38)29(31)11-12-29/h3,5-10,13,15-17,25,35H,1,4,11-12,14,31H2,2H3,(H,33,38)(H,34,36)/t25-/m0/s1. The van der Waals surface area contributed by atoms with Crippen LogP contribution in [0.15, 0.2) is 72.4 Å². The van der Waals surface area contributed by atoms with Crippen molar-refractivity contribution in [2.45, 2.75) is 42.7 Å². The van der Waals surface area contributed by atoms with E-state index < -0.39 is 44.9 Å². The van der Waals surface area contributed by atoms with Gasteiger partial charge in [0, 0.05) is 24.5 Å². The molecular formula is C29H30FN5O6S. The van der Waals surface area contributed by atoms with Crippen LogP contribution < -0.4 is 21.1 Å². The highest BCUT2D eigenvalue weighted by molar-refractivity contribution is 7.92. The topological polar surface area (TPSA) is 170 Å². The molecule has 0 bridgehead atoms. The van der Waals surface area contributed by atoms with Gasteiger partial charge in [0.05, 0.1) is 28.3 Å². The number of amides is 2. The van der Waals surface area contributed by atoms with Crippen LogP contribution in [-0.4, -0.2) is 49.4 Å². The Bertz CT molecular complexity index is 1610. The van der Waals surface area contributed by atoms with E-state index in [2.05, 4.69) is 26.9 Å². The molecule has 3 aromatic rings. The zero-order valence-electron chi connectivity index (χ0n) is 22.7. The predicted octanol–water partition coefficient (Wildman–Crippen LogP) is 3.00. The molecule has 220 valence electrons. The lowest BCUT2D eigenvalue weighted by Crippen LogP contribution is -2.43.